The summed E-state index contributed by atoms with van der Waals surface area (Å²) < 4.78 is 11.4. The molecule has 0 N–H and O–H groups in total. The molecule has 0 aliphatic carbocycles. The normalized spacial score (nSPS) is 24.2. The van der Waals surface area contributed by atoms with Gasteiger partial charge in [0.05, 0.1) is 24.8 Å². The molecule has 0 unspecified atom stereocenters. The van der Waals surface area contributed by atoms with Crippen LogP contribution in [0.4, 0.5) is 0 Å². The number of nitriles is 1. The van der Waals surface area contributed by atoms with E-state index in [0.717, 1.165) is 25.2 Å². The van der Waals surface area contributed by atoms with Crippen molar-refractivity contribution in [2.45, 2.75) is 26.1 Å². The molecule has 1 aromatic carbocycles. The number of hydrogen-bond acceptors (Lipinski definition) is 3. The van der Waals surface area contributed by atoms with Crippen molar-refractivity contribution >= 4 is 0 Å². The third-order valence-corrected chi connectivity index (χ3v) is 2.98. The number of benzene rings is 1. The van der Waals surface area contributed by atoms with Crippen molar-refractivity contribution < 1.29 is 9.47 Å². The van der Waals surface area contributed by atoms with E-state index in [1.54, 1.807) is 12.1 Å². The highest BCUT2D eigenvalue weighted by Gasteiger charge is 2.22. The summed E-state index contributed by atoms with van der Waals surface area (Å²) >= 11 is 0. The fourth-order valence-corrected chi connectivity index (χ4v) is 2.03. The van der Waals surface area contributed by atoms with E-state index in [1.165, 1.54) is 6.42 Å². The zero-order valence-electron chi connectivity index (χ0n) is 10.1. The van der Waals surface area contributed by atoms with Gasteiger partial charge in [0.25, 0.3) is 0 Å². The van der Waals surface area contributed by atoms with Crippen LogP contribution >= 0.6 is 0 Å². The van der Waals surface area contributed by atoms with Crippen molar-refractivity contribution in [2.24, 2.45) is 5.92 Å². The highest BCUT2D eigenvalue weighted by Crippen LogP contribution is 2.26. The van der Waals surface area contributed by atoms with E-state index in [0.29, 0.717) is 11.5 Å². The summed E-state index contributed by atoms with van der Waals surface area (Å²) in [6.45, 7) is 3.70. The second kappa shape index (κ2) is 5.81. The van der Waals surface area contributed by atoms with Crippen LogP contribution in [0.2, 0.25) is 0 Å². The molecular formula is C14H17NO2. The highest BCUT2D eigenvalue weighted by atomic mass is 16.7. The number of nitrogens with zero attached hydrogens (tertiary/aromatic N) is 1. The van der Waals surface area contributed by atoms with Crippen LogP contribution in [0.15, 0.2) is 24.3 Å². The van der Waals surface area contributed by atoms with Gasteiger partial charge in [0.15, 0.2) is 6.29 Å². The quantitative estimate of drug-likeness (QED) is 0.803. The van der Waals surface area contributed by atoms with Gasteiger partial charge in [-0.1, -0.05) is 25.5 Å². The van der Waals surface area contributed by atoms with Gasteiger partial charge in [-0.15, -0.1) is 0 Å². The van der Waals surface area contributed by atoms with E-state index in [2.05, 4.69) is 13.0 Å². The molecule has 3 nitrogen and oxygen atoms in total. The summed E-state index contributed by atoms with van der Waals surface area (Å²) in [7, 11) is 0. The van der Waals surface area contributed by atoms with Crippen LogP contribution in [0.5, 0.6) is 0 Å². The van der Waals surface area contributed by atoms with Crippen molar-refractivity contribution in [3.8, 4) is 6.07 Å². The number of rotatable bonds is 3. The third-order valence-electron chi connectivity index (χ3n) is 2.98. The fraction of sp³-hybridized carbons (Fsp3) is 0.500. The Morgan fingerprint density at radius 3 is 2.41 bits per heavy atom. The van der Waals surface area contributed by atoms with Crippen molar-refractivity contribution in [1.82, 2.24) is 0 Å². The second-order valence-electron chi connectivity index (χ2n) is 4.39. The molecule has 0 bridgehead atoms. The zero-order valence-corrected chi connectivity index (χ0v) is 10.1. The first-order chi connectivity index (χ1) is 8.33. The van der Waals surface area contributed by atoms with Gasteiger partial charge in [-0.2, -0.15) is 5.26 Å². The van der Waals surface area contributed by atoms with Gasteiger partial charge in [-0.25, -0.2) is 0 Å². The molecule has 0 radical (unpaired) electrons. The molecule has 1 aromatic rings. The Morgan fingerprint density at radius 2 is 1.88 bits per heavy atom. The van der Waals surface area contributed by atoms with Gasteiger partial charge >= 0.3 is 0 Å². The van der Waals surface area contributed by atoms with Gasteiger partial charge in [-0.05, 0) is 18.6 Å². The lowest BCUT2D eigenvalue weighted by Gasteiger charge is -2.29. The Bertz CT molecular complexity index is 386. The molecule has 3 heteroatoms. The summed E-state index contributed by atoms with van der Waals surface area (Å²) in [5.74, 6) is 0.523. The van der Waals surface area contributed by atoms with Gasteiger partial charge in [0.2, 0.25) is 0 Å². The maximum atomic E-state index is 8.72. The predicted molar refractivity (Wildman–Crippen MR) is 64.2 cm³/mol. The largest absolute Gasteiger partial charge is 0.348 e. The van der Waals surface area contributed by atoms with E-state index in [1.807, 2.05) is 12.1 Å². The number of ether oxygens (including phenoxy) is 2. The van der Waals surface area contributed by atoms with E-state index < -0.39 is 0 Å². The lowest BCUT2D eigenvalue weighted by atomic mass is 10.0. The maximum Gasteiger partial charge on any atom is 0.183 e. The van der Waals surface area contributed by atoms with Gasteiger partial charge in [0.1, 0.15) is 0 Å². The molecule has 1 aliphatic rings. The zero-order chi connectivity index (χ0) is 12.1. The standard InChI is InChI=1S/C14H17NO2/c1-2-3-12-9-16-14(17-10-12)13-6-4-11(8-15)5-7-13/h4-7,12,14H,2-3,9-10H2,1H3/t12-,14-. The van der Waals surface area contributed by atoms with E-state index >= 15 is 0 Å². The SMILES string of the molecule is CCC[C@H]1CO[C@H](c2ccc(C#N)cc2)OC1. The molecule has 1 fully saturated rings. The molecule has 1 aliphatic heterocycles. The summed E-state index contributed by atoms with van der Waals surface area (Å²) in [5, 5.41) is 8.72. The molecular weight excluding hydrogens is 214 g/mol. The molecule has 17 heavy (non-hydrogen) atoms. The summed E-state index contributed by atoms with van der Waals surface area (Å²) in [5.41, 5.74) is 1.65. The van der Waals surface area contributed by atoms with E-state index in [-0.39, 0.29) is 6.29 Å². The summed E-state index contributed by atoms with van der Waals surface area (Å²) in [6.07, 6.45) is 2.05. The minimum absolute atomic E-state index is 0.268. The van der Waals surface area contributed by atoms with Gasteiger partial charge in [-0.3, -0.25) is 0 Å². The molecule has 0 atom stereocenters. The van der Waals surface area contributed by atoms with Gasteiger partial charge in [0, 0.05) is 11.5 Å². The minimum Gasteiger partial charge on any atom is -0.348 e. The Labute approximate surface area is 102 Å². The predicted octanol–water partition coefficient (Wildman–Crippen LogP) is 3.02. The second-order valence-corrected chi connectivity index (χ2v) is 4.39. The average molecular weight is 231 g/mol. The van der Waals surface area contributed by atoms with Crippen molar-refractivity contribution in [1.29, 1.82) is 5.26 Å². The van der Waals surface area contributed by atoms with Crippen LogP contribution in [0.3, 0.4) is 0 Å². The van der Waals surface area contributed by atoms with E-state index in [4.69, 9.17) is 14.7 Å². The third kappa shape index (κ3) is 3.06. The molecule has 1 saturated heterocycles. The molecule has 2 rings (SSSR count). The molecule has 0 amide bonds. The lowest BCUT2D eigenvalue weighted by molar-refractivity contribution is -0.206. The van der Waals surface area contributed by atoms with Gasteiger partial charge < -0.3 is 9.47 Å². The van der Waals surface area contributed by atoms with Crippen molar-refractivity contribution in [3.63, 3.8) is 0 Å². The molecule has 1 heterocycles. The van der Waals surface area contributed by atoms with Crippen LogP contribution in [0.25, 0.3) is 0 Å². The molecule has 0 spiro atoms. The first-order valence-corrected chi connectivity index (χ1v) is 6.06. The number of hydrogen-bond donors (Lipinski definition) is 0. The molecule has 90 valence electrons. The summed E-state index contributed by atoms with van der Waals surface area (Å²) in [4.78, 5) is 0. The Morgan fingerprint density at radius 1 is 1.24 bits per heavy atom. The molecule has 0 aromatic heterocycles. The van der Waals surface area contributed by atoms with E-state index in [9.17, 15) is 0 Å². The summed E-state index contributed by atoms with van der Waals surface area (Å²) in [6, 6.07) is 9.47. The first-order valence-electron chi connectivity index (χ1n) is 6.06. The highest BCUT2D eigenvalue weighted by molar-refractivity contribution is 5.32. The van der Waals surface area contributed by atoms with Crippen LogP contribution in [0, 0.1) is 17.2 Å². The Hall–Kier alpha value is -1.37. The monoisotopic (exact) mass is 231 g/mol. The lowest BCUT2D eigenvalue weighted by Crippen LogP contribution is -2.26. The van der Waals surface area contributed by atoms with Crippen molar-refractivity contribution in [2.75, 3.05) is 13.2 Å². The smallest absolute Gasteiger partial charge is 0.183 e. The fourth-order valence-electron chi connectivity index (χ4n) is 2.03. The molecule has 0 saturated carbocycles. The average Bonchev–Trinajstić information content (AvgIpc) is 2.40. The van der Waals surface area contributed by atoms with Crippen LogP contribution in [0.1, 0.15) is 37.2 Å². The van der Waals surface area contributed by atoms with Crippen LogP contribution in [-0.4, -0.2) is 13.2 Å². The van der Waals surface area contributed by atoms with Crippen LogP contribution in [-0.2, 0) is 9.47 Å². The first kappa shape index (κ1) is 12.1. The van der Waals surface area contributed by atoms with Crippen molar-refractivity contribution in [3.05, 3.63) is 35.4 Å². The topological polar surface area (TPSA) is 42.2 Å². The Kier molecular flexibility index (Phi) is 4.13. The Balaban J connectivity index is 1.94. The van der Waals surface area contributed by atoms with Crippen LogP contribution < -0.4 is 0 Å². The minimum atomic E-state index is -0.268. The maximum absolute atomic E-state index is 8.72.